The van der Waals surface area contributed by atoms with Gasteiger partial charge in [-0.1, -0.05) is 70.4 Å². The molecule has 0 unspecified atom stereocenters. The van der Waals surface area contributed by atoms with Gasteiger partial charge in [0.1, 0.15) is 0 Å². The van der Waals surface area contributed by atoms with Gasteiger partial charge in [-0.25, -0.2) is 16.8 Å². The number of rotatable bonds is 7. The standard InChI is InChI=1S/C20H19NO4S2/c22-26(23,19-12-6-2-7-13-19)21(17-16-18-10-4-1-5-11-18)27(24,25)20-14-8-3-9-15-20/h1-15H,16-17H2. The average molecular weight is 402 g/mol. The first-order chi connectivity index (χ1) is 12.9. The van der Waals surface area contributed by atoms with Crippen molar-refractivity contribution in [3.05, 3.63) is 96.6 Å². The van der Waals surface area contributed by atoms with Crippen LogP contribution in [0.2, 0.25) is 0 Å². The average Bonchev–Trinajstić information content (AvgIpc) is 2.70. The Morgan fingerprint density at radius 1 is 0.556 bits per heavy atom. The summed E-state index contributed by atoms with van der Waals surface area (Å²) in [4.78, 5) is -0.116. The molecule has 0 amide bonds. The Morgan fingerprint density at radius 2 is 0.926 bits per heavy atom. The lowest BCUT2D eigenvalue weighted by atomic mass is 10.2. The molecule has 0 atom stereocenters. The van der Waals surface area contributed by atoms with E-state index >= 15 is 0 Å². The van der Waals surface area contributed by atoms with Crippen LogP contribution >= 0.6 is 0 Å². The van der Waals surface area contributed by atoms with Gasteiger partial charge in [0.2, 0.25) is 0 Å². The molecular weight excluding hydrogens is 382 g/mol. The zero-order valence-electron chi connectivity index (χ0n) is 14.5. The number of benzene rings is 3. The summed E-state index contributed by atoms with van der Waals surface area (Å²) in [6.07, 6.45) is 0.277. The number of hydrogen-bond acceptors (Lipinski definition) is 4. The zero-order chi connectivity index (χ0) is 19.3. The first-order valence-electron chi connectivity index (χ1n) is 8.34. The van der Waals surface area contributed by atoms with E-state index < -0.39 is 20.0 Å². The van der Waals surface area contributed by atoms with Crippen LogP contribution in [-0.2, 0) is 26.5 Å². The van der Waals surface area contributed by atoms with Gasteiger partial charge in [-0.05, 0) is 36.2 Å². The van der Waals surface area contributed by atoms with Crippen LogP contribution in [0.15, 0.2) is 101 Å². The minimum absolute atomic E-state index is 0.0578. The van der Waals surface area contributed by atoms with Gasteiger partial charge < -0.3 is 0 Å². The molecule has 0 radical (unpaired) electrons. The molecule has 0 aliphatic carbocycles. The Hall–Kier alpha value is -2.48. The van der Waals surface area contributed by atoms with E-state index in [1.807, 2.05) is 30.3 Å². The van der Waals surface area contributed by atoms with Gasteiger partial charge in [-0.15, -0.1) is 0 Å². The maximum atomic E-state index is 13.1. The summed E-state index contributed by atoms with van der Waals surface area (Å²) >= 11 is 0. The summed E-state index contributed by atoms with van der Waals surface area (Å²) in [5.41, 5.74) is 0.856. The van der Waals surface area contributed by atoms with Crippen molar-refractivity contribution in [2.45, 2.75) is 16.2 Å². The molecule has 0 aliphatic rings. The molecule has 3 rings (SSSR count). The lowest BCUT2D eigenvalue weighted by Gasteiger charge is -2.22. The van der Waals surface area contributed by atoms with E-state index in [1.54, 1.807) is 36.4 Å². The summed E-state index contributed by atoms with van der Waals surface area (Å²) in [6.45, 7) is -0.182. The highest BCUT2D eigenvalue weighted by atomic mass is 32.3. The van der Waals surface area contributed by atoms with Crippen molar-refractivity contribution in [2.75, 3.05) is 6.54 Å². The van der Waals surface area contributed by atoms with Crippen molar-refractivity contribution in [3.8, 4) is 0 Å². The second kappa shape index (κ2) is 8.04. The van der Waals surface area contributed by atoms with Crippen molar-refractivity contribution >= 4 is 20.0 Å². The van der Waals surface area contributed by atoms with E-state index in [0.29, 0.717) is 3.71 Å². The first kappa shape index (κ1) is 19.3. The summed E-state index contributed by atoms with van der Waals surface area (Å²) < 4.78 is 53.1. The third kappa shape index (κ3) is 4.27. The van der Waals surface area contributed by atoms with Gasteiger partial charge in [-0.2, -0.15) is 0 Å². The number of sulfonamides is 2. The Balaban J connectivity index is 2.04. The summed E-state index contributed by atoms with van der Waals surface area (Å²) in [5.74, 6) is 0. The Morgan fingerprint density at radius 3 is 1.33 bits per heavy atom. The topological polar surface area (TPSA) is 71.5 Å². The highest BCUT2D eigenvalue weighted by Crippen LogP contribution is 2.24. The smallest absolute Gasteiger partial charge is 0.206 e. The lowest BCUT2D eigenvalue weighted by molar-refractivity contribution is 0.497. The fraction of sp³-hybridized carbons (Fsp3) is 0.100. The molecule has 0 N–H and O–H groups in total. The molecule has 3 aromatic carbocycles. The third-order valence-electron chi connectivity index (χ3n) is 4.04. The van der Waals surface area contributed by atoms with Gasteiger partial charge in [0.05, 0.1) is 9.79 Å². The highest BCUT2D eigenvalue weighted by molar-refractivity contribution is 8.04. The fourth-order valence-corrected chi connectivity index (χ4v) is 6.34. The second-order valence-corrected chi connectivity index (χ2v) is 9.82. The molecule has 0 aromatic heterocycles. The molecule has 0 aliphatic heterocycles. The largest absolute Gasteiger partial charge is 0.256 e. The number of hydrogen-bond donors (Lipinski definition) is 0. The van der Waals surface area contributed by atoms with E-state index in [0.717, 1.165) is 5.56 Å². The van der Waals surface area contributed by atoms with Crippen LogP contribution in [0.4, 0.5) is 0 Å². The van der Waals surface area contributed by atoms with Crippen LogP contribution in [-0.4, -0.2) is 27.1 Å². The fourth-order valence-electron chi connectivity index (χ4n) is 2.65. The van der Waals surface area contributed by atoms with Crippen molar-refractivity contribution < 1.29 is 16.8 Å². The first-order valence-corrected chi connectivity index (χ1v) is 11.2. The molecule has 27 heavy (non-hydrogen) atoms. The molecule has 0 saturated carbocycles. The van der Waals surface area contributed by atoms with Gasteiger partial charge in [0.25, 0.3) is 20.0 Å². The van der Waals surface area contributed by atoms with Gasteiger partial charge >= 0.3 is 0 Å². The van der Waals surface area contributed by atoms with Crippen LogP contribution in [0.25, 0.3) is 0 Å². The minimum Gasteiger partial charge on any atom is -0.206 e. The van der Waals surface area contributed by atoms with Crippen molar-refractivity contribution in [1.29, 1.82) is 0 Å². The van der Waals surface area contributed by atoms with E-state index in [-0.39, 0.29) is 22.8 Å². The molecule has 140 valence electrons. The van der Waals surface area contributed by atoms with Crippen molar-refractivity contribution in [1.82, 2.24) is 3.71 Å². The SMILES string of the molecule is O=S(=O)(c1ccccc1)N(CCc1ccccc1)S(=O)(=O)c1ccccc1. The Bertz CT molecular complexity index is 1010. The molecule has 0 bridgehead atoms. The van der Waals surface area contributed by atoms with Crippen LogP contribution in [0.1, 0.15) is 5.56 Å². The van der Waals surface area contributed by atoms with Crippen LogP contribution in [0, 0.1) is 0 Å². The van der Waals surface area contributed by atoms with Crippen molar-refractivity contribution in [3.63, 3.8) is 0 Å². The highest BCUT2D eigenvalue weighted by Gasteiger charge is 2.36. The van der Waals surface area contributed by atoms with E-state index in [9.17, 15) is 16.8 Å². The molecule has 7 heteroatoms. The maximum Gasteiger partial charge on any atom is 0.256 e. The Labute approximate surface area is 160 Å². The predicted octanol–water partition coefficient (Wildman–Crippen LogP) is 3.31. The number of nitrogens with zero attached hydrogens (tertiary/aromatic N) is 1. The molecule has 5 nitrogen and oxygen atoms in total. The molecular formula is C20H19NO4S2. The summed E-state index contributed by atoms with van der Waals surface area (Å²) in [6, 6.07) is 24.4. The quantitative estimate of drug-likeness (QED) is 0.609. The molecule has 0 fully saturated rings. The second-order valence-electron chi connectivity index (χ2n) is 5.87. The monoisotopic (exact) mass is 401 g/mol. The molecule has 0 spiro atoms. The van der Waals surface area contributed by atoms with Crippen LogP contribution in [0.3, 0.4) is 0 Å². The van der Waals surface area contributed by atoms with Gasteiger partial charge in [-0.3, -0.25) is 0 Å². The van der Waals surface area contributed by atoms with E-state index in [2.05, 4.69) is 0 Å². The van der Waals surface area contributed by atoms with Gasteiger partial charge in [0, 0.05) is 6.54 Å². The summed E-state index contributed by atoms with van der Waals surface area (Å²) in [5, 5.41) is 0. The zero-order valence-corrected chi connectivity index (χ0v) is 16.1. The van der Waals surface area contributed by atoms with Crippen LogP contribution < -0.4 is 0 Å². The van der Waals surface area contributed by atoms with Gasteiger partial charge in [0.15, 0.2) is 0 Å². The normalized spacial score (nSPS) is 12.2. The minimum atomic E-state index is -4.23. The van der Waals surface area contributed by atoms with Crippen LogP contribution in [0.5, 0.6) is 0 Å². The third-order valence-corrected chi connectivity index (χ3v) is 8.39. The Kier molecular flexibility index (Phi) is 5.74. The lowest BCUT2D eigenvalue weighted by Crippen LogP contribution is -2.38. The van der Waals surface area contributed by atoms with E-state index in [4.69, 9.17) is 0 Å². The predicted molar refractivity (Wildman–Crippen MR) is 104 cm³/mol. The molecule has 0 saturated heterocycles. The summed E-state index contributed by atoms with van der Waals surface area (Å²) in [7, 11) is -8.46. The molecule has 3 aromatic rings. The van der Waals surface area contributed by atoms with E-state index in [1.165, 1.54) is 24.3 Å². The van der Waals surface area contributed by atoms with Crippen molar-refractivity contribution in [2.24, 2.45) is 0 Å². The maximum absolute atomic E-state index is 13.1. The molecule has 0 heterocycles.